The van der Waals surface area contributed by atoms with Crippen molar-refractivity contribution < 1.29 is 23.8 Å². The van der Waals surface area contributed by atoms with Crippen LogP contribution in [0.5, 0.6) is 5.75 Å². The molecular formula is C17H16FN3O5. The van der Waals surface area contributed by atoms with Crippen molar-refractivity contribution in [2.45, 2.75) is 19.3 Å². The van der Waals surface area contributed by atoms with Crippen LogP contribution in [0.3, 0.4) is 0 Å². The van der Waals surface area contributed by atoms with E-state index in [4.69, 9.17) is 9.84 Å². The number of benzene rings is 1. The molecule has 136 valence electrons. The van der Waals surface area contributed by atoms with Crippen molar-refractivity contribution in [3.8, 4) is 11.4 Å². The summed E-state index contributed by atoms with van der Waals surface area (Å²) in [6.07, 6.45) is 1.10. The molecule has 1 aliphatic heterocycles. The molecule has 26 heavy (non-hydrogen) atoms. The lowest BCUT2D eigenvalue weighted by Gasteiger charge is -2.18. The number of aromatic carboxylic acids is 1. The second kappa shape index (κ2) is 5.65. The molecule has 0 aliphatic carbocycles. The van der Waals surface area contributed by atoms with E-state index in [1.165, 1.54) is 18.1 Å². The SMILES string of the molecule is COc1cn(-c2ccc3c(c2F)C(C)(C)C(=O)N3C)nc(C(=O)O)c1=O. The van der Waals surface area contributed by atoms with Gasteiger partial charge in [-0.15, -0.1) is 0 Å². The van der Waals surface area contributed by atoms with Crippen LogP contribution in [-0.4, -0.2) is 40.9 Å². The number of ether oxygens (including phenoxy) is 1. The molecule has 0 radical (unpaired) electrons. The van der Waals surface area contributed by atoms with Gasteiger partial charge in [-0.05, 0) is 26.0 Å². The van der Waals surface area contributed by atoms with Crippen molar-refractivity contribution in [1.29, 1.82) is 0 Å². The lowest BCUT2D eigenvalue weighted by atomic mass is 9.85. The van der Waals surface area contributed by atoms with Gasteiger partial charge in [0, 0.05) is 12.6 Å². The third kappa shape index (κ3) is 2.27. The molecule has 0 saturated heterocycles. The van der Waals surface area contributed by atoms with E-state index < -0.39 is 28.3 Å². The van der Waals surface area contributed by atoms with Crippen LogP contribution in [0.1, 0.15) is 29.9 Å². The number of nitrogens with zero attached hydrogens (tertiary/aromatic N) is 3. The molecule has 1 aliphatic rings. The van der Waals surface area contributed by atoms with Gasteiger partial charge in [-0.3, -0.25) is 9.59 Å². The fourth-order valence-electron chi connectivity index (χ4n) is 3.12. The van der Waals surface area contributed by atoms with Crippen LogP contribution in [-0.2, 0) is 10.2 Å². The van der Waals surface area contributed by atoms with Crippen molar-refractivity contribution >= 4 is 17.6 Å². The largest absolute Gasteiger partial charge is 0.491 e. The van der Waals surface area contributed by atoms with Crippen molar-refractivity contribution in [3.05, 3.63) is 45.6 Å². The van der Waals surface area contributed by atoms with Crippen molar-refractivity contribution in [2.24, 2.45) is 0 Å². The Bertz CT molecular complexity index is 1010. The van der Waals surface area contributed by atoms with Crippen LogP contribution in [0.15, 0.2) is 23.1 Å². The molecule has 2 aromatic rings. The molecule has 0 fully saturated rings. The predicted octanol–water partition coefficient (Wildman–Crippen LogP) is 1.33. The number of carboxylic acids is 1. The third-order valence-electron chi connectivity index (χ3n) is 4.48. The monoisotopic (exact) mass is 361 g/mol. The van der Waals surface area contributed by atoms with Gasteiger partial charge < -0.3 is 14.7 Å². The first kappa shape index (κ1) is 17.6. The summed E-state index contributed by atoms with van der Waals surface area (Å²) in [5.41, 5.74) is -2.29. The minimum absolute atomic E-state index is 0.0966. The van der Waals surface area contributed by atoms with E-state index in [0.717, 1.165) is 10.9 Å². The van der Waals surface area contributed by atoms with E-state index in [9.17, 15) is 14.4 Å². The van der Waals surface area contributed by atoms with E-state index in [1.54, 1.807) is 27.0 Å². The molecular weight excluding hydrogens is 345 g/mol. The van der Waals surface area contributed by atoms with Gasteiger partial charge in [0.25, 0.3) is 5.43 Å². The summed E-state index contributed by atoms with van der Waals surface area (Å²) in [6, 6.07) is 2.91. The van der Waals surface area contributed by atoms with Crippen molar-refractivity contribution in [2.75, 3.05) is 19.1 Å². The zero-order valence-electron chi connectivity index (χ0n) is 14.5. The molecule has 0 spiro atoms. The zero-order valence-corrected chi connectivity index (χ0v) is 14.5. The summed E-state index contributed by atoms with van der Waals surface area (Å²) in [6.45, 7) is 3.21. The Morgan fingerprint density at radius 1 is 1.27 bits per heavy atom. The van der Waals surface area contributed by atoms with E-state index in [1.807, 2.05) is 0 Å². The molecule has 1 aromatic carbocycles. The summed E-state index contributed by atoms with van der Waals surface area (Å²) in [7, 11) is 2.75. The van der Waals surface area contributed by atoms with Gasteiger partial charge in [0.05, 0.1) is 24.4 Å². The molecule has 3 rings (SSSR count). The summed E-state index contributed by atoms with van der Waals surface area (Å²) >= 11 is 0. The van der Waals surface area contributed by atoms with Gasteiger partial charge in [0.2, 0.25) is 11.6 Å². The number of methoxy groups -OCH3 is 1. The first-order chi connectivity index (χ1) is 12.1. The third-order valence-corrected chi connectivity index (χ3v) is 4.48. The number of likely N-dealkylation sites (N-methyl/N-ethyl adjacent to an activating group) is 1. The van der Waals surface area contributed by atoms with Crippen LogP contribution in [0.4, 0.5) is 10.1 Å². The Morgan fingerprint density at radius 3 is 2.46 bits per heavy atom. The fourth-order valence-corrected chi connectivity index (χ4v) is 3.12. The highest BCUT2D eigenvalue weighted by Gasteiger charge is 2.45. The van der Waals surface area contributed by atoms with Crippen LogP contribution in [0.2, 0.25) is 0 Å². The first-order valence-electron chi connectivity index (χ1n) is 7.64. The fraction of sp³-hybridized carbons (Fsp3) is 0.294. The number of hydrogen-bond donors (Lipinski definition) is 1. The molecule has 1 amide bonds. The maximum absolute atomic E-state index is 15.3. The van der Waals surface area contributed by atoms with Crippen LogP contribution in [0, 0.1) is 5.82 Å². The van der Waals surface area contributed by atoms with Crippen molar-refractivity contribution in [3.63, 3.8) is 0 Å². The standard InChI is InChI=1S/C17H16FN3O5/c1-17(2)11-8(20(3)16(17)25)5-6-9(12(11)18)21-7-10(26-4)14(22)13(19-21)15(23)24/h5-7H,1-4H3,(H,23,24). The molecule has 0 atom stereocenters. The second-order valence-corrected chi connectivity index (χ2v) is 6.41. The average molecular weight is 361 g/mol. The average Bonchev–Trinajstić information content (AvgIpc) is 2.76. The Hall–Kier alpha value is -3.23. The van der Waals surface area contributed by atoms with E-state index in [2.05, 4.69) is 5.10 Å². The zero-order chi connectivity index (χ0) is 19.4. The summed E-state index contributed by atoms with van der Waals surface area (Å²) in [4.78, 5) is 37.0. The molecule has 8 nitrogen and oxygen atoms in total. The number of carbonyl (C=O) groups is 2. The number of anilines is 1. The number of halogens is 1. The van der Waals surface area contributed by atoms with Gasteiger partial charge in [-0.1, -0.05) is 0 Å². The lowest BCUT2D eigenvalue weighted by Crippen LogP contribution is -2.33. The highest BCUT2D eigenvalue weighted by atomic mass is 19.1. The molecule has 1 aromatic heterocycles. The number of amides is 1. The Labute approximate surface area is 147 Å². The predicted molar refractivity (Wildman–Crippen MR) is 89.7 cm³/mol. The minimum Gasteiger partial charge on any atom is -0.491 e. The number of hydrogen-bond acceptors (Lipinski definition) is 5. The summed E-state index contributed by atoms with van der Waals surface area (Å²) < 4.78 is 21.1. The number of fused-ring (bicyclic) bond motifs is 1. The number of carboxylic acid groups (broad SMARTS) is 1. The normalized spacial score (nSPS) is 15.1. The quantitative estimate of drug-likeness (QED) is 0.885. The van der Waals surface area contributed by atoms with E-state index >= 15 is 4.39 Å². The molecule has 9 heteroatoms. The lowest BCUT2D eigenvalue weighted by molar-refractivity contribution is -0.121. The summed E-state index contributed by atoms with van der Waals surface area (Å²) in [5.74, 6) is -2.83. The van der Waals surface area contributed by atoms with E-state index in [0.29, 0.717) is 5.69 Å². The van der Waals surface area contributed by atoms with Crippen molar-refractivity contribution in [1.82, 2.24) is 9.78 Å². The highest BCUT2D eigenvalue weighted by Crippen LogP contribution is 2.43. The maximum Gasteiger partial charge on any atom is 0.360 e. The molecule has 0 saturated carbocycles. The minimum atomic E-state index is -1.56. The van der Waals surface area contributed by atoms with Crippen LogP contribution >= 0.6 is 0 Å². The van der Waals surface area contributed by atoms with Crippen LogP contribution < -0.4 is 15.1 Å². The first-order valence-corrected chi connectivity index (χ1v) is 7.64. The molecule has 0 bridgehead atoms. The number of rotatable bonds is 3. The Kier molecular flexibility index (Phi) is 3.82. The number of aromatic nitrogens is 2. The number of carbonyl (C=O) groups excluding carboxylic acids is 1. The topological polar surface area (TPSA) is 102 Å². The molecule has 1 N–H and O–H groups in total. The Balaban J connectivity index is 2.30. The van der Waals surface area contributed by atoms with Gasteiger partial charge >= 0.3 is 5.97 Å². The smallest absolute Gasteiger partial charge is 0.360 e. The highest BCUT2D eigenvalue weighted by molar-refractivity contribution is 6.07. The maximum atomic E-state index is 15.3. The Morgan fingerprint density at radius 2 is 1.88 bits per heavy atom. The molecule has 0 unspecified atom stereocenters. The van der Waals surface area contributed by atoms with Crippen LogP contribution in [0.25, 0.3) is 5.69 Å². The second-order valence-electron chi connectivity index (χ2n) is 6.41. The van der Waals surface area contributed by atoms with Gasteiger partial charge in [-0.25, -0.2) is 13.9 Å². The van der Waals surface area contributed by atoms with E-state index in [-0.39, 0.29) is 22.9 Å². The van der Waals surface area contributed by atoms with Gasteiger partial charge in [-0.2, -0.15) is 5.10 Å². The summed E-state index contributed by atoms with van der Waals surface area (Å²) in [5, 5.41) is 12.9. The molecule has 2 heterocycles. The van der Waals surface area contributed by atoms with Gasteiger partial charge in [0.15, 0.2) is 11.6 Å². The van der Waals surface area contributed by atoms with Gasteiger partial charge in [0.1, 0.15) is 5.69 Å².